The van der Waals surface area contributed by atoms with Crippen molar-refractivity contribution < 1.29 is 4.74 Å². The highest BCUT2D eigenvalue weighted by Gasteiger charge is 2.11. The molecule has 2 aromatic heterocycles. The van der Waals surface area contributed by atoms with Crippen LogP contribution in [-0.2, 0) is 0 Å². The number of benzene rings is 2. The molecule has 130 valence electrons. The van der Waals surface area contributed by atoms with E-state index in [0.717, 1.165) is 33.8 Å². The molecule has 4 rings (SSSR count). The minimum Gasteiger partial charge on any atom is -0.497 e. The quantitative estimate of drug-likeness (QED) is 0.500. The van der Waals surface area contributed by atoms with Crippen LogP contribution in [-0.4, -0.2) is 21.5 Å². The van der Waals surface area contributed by atoms with Gasteiger partial charge in [0.25, 0.3) is 0 Å². The molecule has 1 N–H and O–H groups in total. The van der Waals surface area contributed by atoms with Gasteiger partial charge < -0.3 is 9.72 Å². The lowest BCUT2D eigenvalue weighted by molar-refractivity contribution is 0.415. The van der Waals surface area contributed by atoms with Crippen molar-refractivity contribution in [3.63, 3.8) is 0 Å². The van der Waals surface area contributed by atoms with E-state index in [1.807, 2.05) is 41.1 Å². The third-order valence-electron chi connectivity index (χ3n) is 4.72. The van der Waals surface area contributed by atoms with Crippen LogP contribution < -0.4 is 4.74 Å². The molecule has 0 saturated heterocycles. The first-order valence-corrected chi connectivity index (χ1v) is 8.80. The van der Waals surface area contributed by atoms with Crippen molar-refractivity contribution in [1.29, 1.82) is 0 Å². The summed E-state index contributed by atoms with van der Waals surface area (Å²) in [5.41, 5.74) is 7.60. The van der Waals surface area contributed by atoms with Crippen LogP contribution in [0.25, 0.3) is 28.0 Å². The number of hydrogen-bond acceptors (Lipinski definition) is 3. The van der Waals surface area contributed by atoms with Crippen molar-refractivity contribution in [2.75, 3.05) is 7.11 Å². The van der Waals surface area contributed by atoms with Gasteiger partial charge in [-0.2, -0.15) is 0 Å². The molecule has 0 bridgehead atoms. The lowest BCUT2D eigenvalue weighted by atomic mass is 10.0. The zero-order chi connectivity index (χ0) is 18.3. The second-order valence-corrected chi connectivity index (χ2v) is 6.74. The number of aromatic amines is 1. The maximum atomic E-state index is 5.43. The number of methoxy groups -OCH3 is 1. The summed E-state index contributed by atoms with van der Waals surface area (Å²) in [6.45, 7) is 4.23. The molecular weight excluding hydrogens is 342 g/mol. The Morgan fingerprint density at radius 3 is 2.65 bits per heavy atom. The van der Waals surface area contributed by atoms with Crippen molar-refractivity contribution in [3.05, 3.63) is 70.8 Å². The number of rotatable bonds is 3. The highest BCUT2D eigenvalue weighted by atomic mass is 32.1. The van der Waals surface area contributed by atoms with Crippen LogP contribution >= 0.6 is 12.2 Å². The van der Waals surface area contributed by atoms with Gasteiger partial charge in [0.2, 0.25) is 4.77 Å². The van der Waals surface area contributed by atoms with E-state index in [2.05, 4.69) is 42.0 Å². The van der Waals surface area contributed by atoms with Gasteiger partial charge in [-0.15, -0.1) is 0 Å². The molecule has 4 nitrogen and oxygen atoms in total. The Kier molecular flexibility index (Phi) is 4.09. The molecule has 0 aliphatic heterocycles. The van der Waals surface area contributed by atoms with Crippen LogP contribution in [0.3, 0.4) is 0 Å². The predicted molar refractivity (Wildman–Crippen MR) is 107 cm³/mol. The Hall–Kier alpha value is -2.92. The van der Waals surface area contributed by atoms with Crippen LogP contribution in [0.5, 0.6) is 5.75 Å². The standard InChI is InChI=1S/C21H19N3OS/c1-13-7-8-15(9-14(13)2)18-11-22-21(26)24-12-19(23-20(18)24)16-5-4-6-17(10-16)25-3/h4-12,23H,1-3H3. The maximum absolute atomic E-state index is 5.43. The van der Waals surface area contributed by atoms with E-state index in [0.29, 0.717) is 4.77 Å². The second kappa shape index (κ2) is 6.42. The van der Waals surface area contributed by atoms with Gasteiger partial charge in [0.05, 0.1) is 12.8 Å². The van der Waals surface area contributed by atoms with Crippen molar-refractivity contribution >= 4 is 17.9 Å². The van der Waals surface area contributed by atoms with E-state index < -0.39 is 0 Å². The lowest BCUT2D eigenvalue weighted by Gasteiger charge is -2.07. The number of hydrogen-bond donors (Lipinski definition) is 1. The summed E-state index contributed by atoms with van der Waals surface area (Å²) in [4.78, 5) is 7.92. The Labute approximate surface area is 157 Å². The van der Waals surface area contributed by atoms with Gasteiger partial charge in [-0.25, -0.2) is 4.98 Å². The Bertz CT molecular complexity index is 1170. The van der Waals surface area contributed by atoms with Crippen LogP contribution in [0.15, 0.2) is 54.9 Å². The maximum Gasteiger partial charge on any atom is 0.205 e. The normalized spacial score (nSPS) is 11.0. The van der Waals surface area contributed by atoms with Gasteiger partial charge in [-0.05, 0) is 54.9 Å². The zero-order valence-electron chi connectivity index (χ0n) is 14.9. The Balaban J connectivity index is 1.93. The minimum absolute atomic E-state index is 0.526. The number of aromatic nitrogens is 3. The zero-order valence-corrected chi connectivity index (χ0v) is 15.7. The summed E-state index contributed by atoms with van der Waals surface area (Å²) in [5.74, 6) is 0.817. The highest BCUT2D eigenvalue weighted by Crippen LogP contribution is 2.29. The van der Waals surface area contributed by atoms with Crippen LogP contribution in [0.2, 0.25) is 0 Å². The van der Waals surface area contributed by atoms with Crippen LogP contribution in [0.4, 0.5) is 0 Å². The lowest BCUT2D eigenvalue weighted by Crippen LogP contribution is -1.93. The molecule has 0 saturated carbocycles. The number of ether oxygens (including phenoxy) is 1. The molecule has 0 aliphatic carbocycles. The molecule has 0 unspecified atom stereocenters. The van der Waals surface area contributed by atoms with Gasteiger partial charge in [-0.1, -0.05) is 30.3 Å². The summed E-state index contributed by atoms with van der Waals surface area (Å²) in [7, 11) is 1.67. The summed E-state index contributed by atoms with van der Waals surface area (Å²) in [6.07, 6.45) is 3.83. The van der Waals surface area contributed by atoms with E-state index in [1.165, 1.54) is 11.1 Å². The van der Waals surface area contributed by atoms with E-state index in [9.17, 15) is 0 Å². The van der Waals surface area contributed by atoms with Gasteiger partial charge in [0.15, 0.2) is 0 Å². The van der Waals surface area contributed by atoms with Crippen molar-refractivity contribution in [2.24, 2.45) is 0 Å². The van der Waals surface area contributed by atoms with Crippen LogP contribution in [0.1, 0.15) is 11.1 Å². The average molecular weight is 361 g/mol. The monoisotopic (exact) mass is 361 g/mol. The Morgan fingerprint density at radius 2 is 1.88 bits per heavy atom. The third kappa shape index (κ3) is 2.80. The van der Waals surface area contributed by atoms with E-state index in [4.69, 9.17) is 17.0 Å². The number of aryl methyl sites for hydroxylation is 2. The summed E-state index contributed by atoms with van der Waals surface area (Å²) < 4.78 is 7.79. The third-order valence-corrected chi connectivity index (χ3v) is 5.02. The largest absolute Gasteiger partial charge is 0.497 e. The molecule has 4 aromatic rings. The topological polar surface area (TPSA) is 42.3 Å². The first-order chi connectivity index (χ1) is 12.6. The number of nitrogens with one attached hydrogen (secondary N) is 1. The molecule has 26 heavy (non-hydrogen) atoms. The van der Waals surface area contributed by atoms with Crippen molar-refractivity contribution in [2.45, 2.75) is 13.8 Å². The van der Waals surface area contributed by atoms with Crippen LogP contribution in [0, 0.1) is 18.6 Å². The molecule has 0 spiro atoms. The SMILES string of the molecule is COc1cccc(-c2cn3c(=S)ncc(-c4ccc(C)c(C)c4)c3[nH]2)c1. The number of H-pyrrole nitrogens is 1. The molecular formula is C21H19N3OS. The molecule has 0 aliphatic rings. The van der Waals surface area contributed by atoms with E-state index >= 15 is 0 Å². The average Bonchev–Trinajstić information content (AvgIpc) is 3.11. The fourth-order valence-corrected chi connectivity index (χ4v) is 3.26. The first-order valence-electron chi connectivity index (χ1n) is 8.39. The van der Waals surface area contributed by atoms with Gasteiger partial charge in [0, 0.05) is 23.5 Å². The Morgan fingerprint density at radius 1 is 1.04 bits per heavy atom. The number of imidazole rings is 1. The highest BCUT2D eigenvalue weighted by molar-refractivity contribution is 7.71. The fourth-order valence-electron chi connectivity index (χ4n) is 3.06. The van der Waals surface area contributed by atoms with Crippen molar-refractivity contribution in [3.8, 4) is 28.1 Å². The summed E-state index contributed by atoms with van der Waals surface area (Å²) in [6, 6.07) is 14.4. The molecule has 0 fully saturated rings. The molecule has 0 amide bonds. The predicted octanol–water partition coefficient (Wildman–Crippen LogP) is 5.35. The van der Waals surface area contributed by atoms with Gasteiger partial charge >= 0.3 is 0 Å². The molecule has 0 radical (unpaired) electrons. The molecule has 2 aromatic carbocycles. The molecule has 0 atom stereocenters. The van der Waals surface area contributed by atoms with Gasteiger partial charge in [0.1, 0.15) is 11.4 Å². The first kappa shape index (κ1) is 16.5. The van der Waals surface area contributed by atoms with E-state index in [1.54, 1.807) is 7.11 Å². The number of nitrogens with zero attached hydrogens (tertiary/aromatic N) is 2. The second-order valence-electron chi connectivity index (χ2n) is 6.37. The summed E-state index contributed by atoms with van der Waals surface area (Å²) in [5, 5.41) is 0. The molecule has 2 heterocycles. The van der Waals surface area contributed by atoms with E-state index in [-0.39, 0.29) is 0 Å². The van der Waals surface area contributed by atoms with Crippen molar-refractivity contribution in [1.82, 2.24) is 14.4 Å². The smallest absolute Gasteiger partial charge is 0.205 e. The minimum atomic E-state index is 0.526. The summed E-state index contributed by atoms with van der Waals surface area (Å²) >= 11 is 5.43. The van der Waals surface area contributed by atoms with Gasteiger partial charge in [-0.3, -0.25) is 4.40 Å². The fraction of sp³-hybridized carbons (Fsp3) is 0.143. The molecule has 5 heteroatoms. The number of fused-ring (bicyclic) bond motifs is 1.